The first kappa shape index (κ1) is 20.4. The van der Waals surface area contributed by atoms with Gasteiger partial charge >= 0.3 is 0 Å². The average Bonchev–Trinajstić information content (AvgIpc) is 3.20. The molecular formula is C21H26ClN3O3. The van der Waals surface area contributed by atoms with E-state index in [0.29, 0.717) is 36.2 Å². The molecule has 1 heterocycles. The normalized spacial score (nSPS) is 14.6. The molecule has 7 heteroatoms. The fraction of sp³-hybridized carbons (Fsp3) is 0.476. The summed E-state index contributed by atoms with van der Waals surface area (Å²) in [6, 6.07) is 7.31. The van der Waals surface area contributed by atoms with E-state index in [9.17, 15) is 9.59 Å². The molecule has 1 aromatic heterocycles. The molecule has 3 rings (SSSR count). The Kier molecular flexibility index (Phi) is 7.48. The van der Waals surface area contributed by atoms with Crippen molar-refractivity contribution in [2.45, 2.75) is 44.9 Å². The summed E-state index contributed by atoms with van der Waals surface area (Å²) >= 11 is 5.88. The first-order valence-corrected chi connectivity index (χ1v) is 10.2. The Balaban J connectivity index is 1.33. The third kappa shape index (κ3) is 6.09. The summed E-state index contributed by atoms with van der Waals surface area (Å²) in [4.78, 5) is 28.2. The SMILES string of the molecule is O=C(CCc1ncc(-c2ccc(Cl)cc2)o1)NCCNC(=O)C1CCCCC1. The van der Waals surface area contributed by atoms with Crippen molar-refractivity contribution in [3.8, 4) is 11.3 Å². The van der Waals surface area contributed by atoms with E-state index in [1.54, 1.807) is 18.3 Å². The van der Waals surface area contributed by atoms with Gasteiger partial charge in [0.15, 0.2) is 11.7 Å². The molecule has 0 radical (unpaired) electrons. The second-order valence-corrected chi connectivity index (χ2v) is 7.54. The summed E-state index contributed by atoms with van der Waals surface area (Å²) in [6.07, 6.45) is 7.82. The predicted octanol–water partition coefficient (Wildman–Crippen LogP) is 3.74. The molecule has 150 valence electrons. The lowest BCUT2D eigenvalue weighted by molar-refractivity contribution is -0.126. The van der Waals surface area contributed by atoms with Crippen LogP contribution in [0.5, 0.6) is 0 Å². The molecule has 2 N–H and O–H groups in total. The van der Waals surface area contributed by atoms with Crippen LogP contribution < -0.4 is 10.6 Å². The quantitative estimate of drug-likeness (QED) is 0.657. The lowest BCUT2D eigenvalue weighted by Crippen LogP contribution is -2.38. The van der Waals surface area contributed by atoms with Crippen LogP contribution in [-0.2, 0) is 16.0 Å². The summed E-state index contributed by atoms with van der Waals surface area (Å²) in [5.74, 6) is 1.34. The van der Waals surface area contributed by atoms with Crippen LogP contribution in [0.1, 0.15) is 44.4 Å². The van der Waals surface area contributed by atoms with Crippen molar-refractivity contribution >= 4 is 23.4 Å². The number of halogens is 1. The number of carbonyl (C=O) groups excluding carboxylic acids is 2. The van der Waals surface area contributed by atoms with E-state index >= 15 is 0 Å². The first-order chi connectivity index (χ1) is 13.6. The van der Waals surface area contributed by atoms with E-state index in [0.717, 1.165) is 31.2 Å². The van der Waals surface area contributed by atoms with Crippen LogP contribution in [-0.4, -0.2) is 29.9 Å². The second-order valence-electron chi connectivity index (χ2n) is 7.10. The van der Waals surface area contributed by atoms with Crippen molar-refractivity contribution in [3.63, 3.8) is 0 Å². The lowest BCUT2D eigenvalue weighted by atomic mass is 9.89. The topological polar surface area (TPSA) is 84.2 Å². The summed E-state index contributed by atoms with van der Waals surface area (Å²) in [6.45, 7) is 0.889. The summed E-state index contributed by atoms with van der Waals surface area (Å²) in [5.41, 5.74) is 0.890. The second kappa shape index (κ2) is 10.3. The number of aromatic nitrogens is 1. The van der Waals surface area contributed by atoms with Crippen LogP contribution in [0.15, 0.2) is 34.9 Å². The van der Waals surface area contributed by atoms with Crippen LogP contribution in [0.4, 0.5) is 0 Å². The van der Waals surface area contributed by atoms with Gasteiger partial charge in [-0.15, -0.1) is 0 Å². The zero-order chi connectivity index (χ0) is 19.8. The van der Waals surface area contributed by atoms with Gasteiger partial charge in [0.1, 0.15) is 0 Å². The molecule has 6 nitrogen and oxygen atoms in total. The summed E-state index contributed by atoms with van der Waals surface area (Å²) in [7, 11) is 0. The van der Waals surface area contributed by atoms with Gasteiger partial charge in [-0.3, -0.25) is 9.59 Å². The molecule has 1 aliphatic rings. The number of hydrogen-bond donors (Lipinski definition) is 2. The summed E-state index contributed by atoms with van der Waals surface area (Å²) < 4.78 is 5.69. The van der Waals surface area contributed by atoms with Gasteiger partial charge in [0.25, 0.3) is 0 Å². The van der Waals surface area contributed by atoms with Crippen molar-refractivity contribution in [2.24, 2.45) is 5.92 Å². The third-order valence-corrected chi connectivity index (χ3v) is 5.22. The van der Waals surface area contributed by atoms with Gasteiger partial charge in [-0.05, 0) is 37.1 Å². The average molecular weight is 404 g/mol. The van der Waals surface area contributed by atoms with Crippen LogP contribution in [0.25, 0.3) is 11.3 Å². The molecule has 0 saturated heterocycles. The molecule has 1 fully saturated rings. The predicted molar refractivity (Wildman–Crippen MR) is 108 cm³/mol. The number of carbonyl (C=O) groups is 2. The Labute approximate surface area is 170 Å². The van der Waals surface area contributed by atoms with Crippen molar-refractivity contribution in [3.05, 3.63) is 41.4 Å². The monoisotopic (exact) mass is 403 g/mol. The van der Waals surface area contributed by atoms with E-state index < -0.39 is 0 Å². The Hall–Kier alpha value is -2.34. The molecule has 2 amide bonds. The maximum absolute atomic E-state index is 12.0. The third-order valence-electron chi connectivity index (χ3n) is 4.97. The van der Waals surface area contributed by atoms with Crippen LogP contribution >= 0.6 is 11.6 Å². The maximum Gasteiger partial charge on any atom is 0.223 e. The zero-order valence-corrected chi connectivity index (χ0v) is 16.6. The molecule has 1 aromatic carbocycles. The molecule has 0 bridgehead atoms. The number of benzene rings is 1. The molecular weight excluding hydrogens is 378 g/mol. The zero-order valence-electron chi connectivity index (χ0n) is 15.9. The molecule has 0 spiro atoms. The molecule has 0 unspecified atom stereocenters. The minimum atomic E-state index is -0.0850. The fourth-order valence-electron chi connectivity index (χ4n) is 3.38. The van der Waals surface area contributed by atoms with E-state index in [1.807, 2.05) is 12.1 Å². The minimum absolute atomic E-state index is 0.0850. The van der Waals surface area contributed by atoms with Gasteiger partial charge < -0.3 is 15.1 Å². The van der Waals surface area contributed by atoms with E-state index in [1.165, 1.54) is 6.42 Å². The number of rotatable bonds is 8. The number of nitrogens with one attached hydrogen (secondary N) is 2. The molecule has 1 saturated carbocycles. The van der Waals surface area contributed by atoms with Gasteiger partial charge in [-0.25, -0.2) is 4.98 Å². The molecule has 0 aliphatic heterocycles. The van der Waals surface area contributed by atoms with E-state index in [4.69, 9.17) is 16.0 Å². The highest BCUT2D eigenvalue weighted by Gasteiger charge is 2.20. The molecule has 28 heavy (non-hydrogen) atoms. The highest BCUT2D eigenvalue weighted by atomic mass is 35.5. The minimum Gasteiger partial charge on any atom is -0.441 e. The molecule has 0 atom stereocenters. The van der Waals surface area contributed by atoms with Crippen molar-refractivity contribution in [1.29, 1.82) is 0 Å². The highest BCUT2D eigenvalue weighted by molar-refractivity contribution is 6.30. The Morgan fingerprint density at radius 2 is 1.79 bits per heavy atom. The standard InChI is InChI=1S/C21H26ClN3O3/c22-17-8-6-15(7-9-17)18-14-25-20(28-18)11-10-19(26)23-12-13-24-21(27)16-4-2-1-3-5-16/h6-9,14,16H,1-5,10-13H2,(H,23,26)(H,24,27). The smallest absolute Gasteiger partial charge is 0.223 e. The number of aryl methyl sites for hydroxylation is 1. The van der Waals surface area contributed by atoms with Crippen molar-refractivity contribution < 1.29 is 14.0 Å². The van der Waals surface area contributed by atoms with E-state index in [2.05, 4.69) is 15.6 Å². The number of amides is 2. The Morgan fingerprint density at radius 3 is 2.54 bits per heavy atom. The van der Waals surface area contributed by atoms with Gasteiger partial charge in [0.2, 0.25) is 11.8 Å². The van der Waals surface area contributed by atoms with Crippen LogP contribution in [0.3, 0.4) is 0 Å². The number of oxazole rings is 1. The maximum atomic E-state index is 12.0. The van der Waals surface area contributed by atoms with E-state index in [-0.39, 0.29) is 24.2 Å². The van der Waals surface area contributed by atoms with Gasteiger partial charge in [-0.1, -0.05) is 30.9 Å². The van der Waals surface area contributed by atoms with Crippen LogP contribution in [0.2, 0.25) is 5.02 Å². The summed E-state index contributed by atoms with van der Waals surface area (Å²) in [5, 5.41) is 6.39. The highest BCUT2D eigenvalue weighted by Crippen LogP contribution is 2.24. The fourth-order valence-corrected chi connectivity index (χ4v) is 3.51. The van der Waals surface area contributed by atoms with Gasteiger partial charge in [0.05, 0.1) is 6.20 Å². The Morgan fingerprint density at radius 1 is 1.07 bits per heavy atom. The lowest BCUT2D eigenvalue weighted by Gasteiger charge is -2.20. The van der Waals surface area contributed by atoms with Gasteiger partial charge in [0, 0.05) is 42.4 Å². The first-order valence-electron chi connectivity index (χ1n) is 9.87. The largest absolute Gasteiger partial charge is 0.441 e. The molecule has 1 aliphatic carbocycles. The van der Waals surface area contributed by atoms with Crippen molar-refractivity contribution in [1.82, 2.24) is 15.6 Å². The molecule has 2 aromatic rings. The number of hydrogen-bond acceptors (Lipinski definition) is 4. The Bertz CT molecular complexity index is 782. The number of nitrogens with zero attached hydrogens (tertiary/aromatic N) is 1. The van der Waals surface area contributed by atoms with Crippen molar-refractivity contribution in [2.75, 3.05) is 13.1 Å². The van der Waals surface area contributed by atoms with Gasteiger partial charge in [-0.2, -0.15) is 0 Å². The van der Waals surface area contributed by atoms with Crippen LogP contribution in [0, 0.1) is 5.92 Å².